The number of urea groups is 1. The van der Waals surface area contributed by atoms with Crippen molar-refractivity contribution in [3.05, 3.63) is 103 Å². The van der Waals surface area contributed by atoms with Crippen molar-refractivity contribution in [2.75, 3.05) is 23.4 Å². The summed E-state index contributed by atoms with van der Waals surface area (Å²) in [7, 11) is 0. The second-order valence-electron chi connectivity index (χ2n) is 8.42. The summed E-state index contributed by atoms with van der Waals surface area (Å²) in [5, 5.41) is 5.68. The average molecular weight is 486 g/mol. The third kappa shape index (κ3) is 5.40. The summed E-state index contributed by atoms with van der Waals surface area (Å²) in [4.78, 5) is 27.6. The van der Waals surface area contributed by atoms with Crippen molar-refractivity contribution in [1.29, 1.82) is 0 Å². The number of amides is 3. The number of ether oxygens (including phenoxy) is 3. The van der Waals surface area contributed by atoms with Crippen LogP contribution in [0.5, 0.6) is 0 Å². The van der Waals surface area contributed by atoms with Crippen molar-refractivity contribution < 1.29 is 23.8 Å². The molecular weight excluding hydrogens is 458 g/mol. The van der Waals surface area contributed by atoms with Crippen molar-refractivity contribution in [3.63, 3.8) is 0 Å². The molecule has 3 aromatic rings. The number of benzene rings is 3. The molecule has 4 atom stereocenters. The van der Waals surface area contributed by atoms with Gasteiger partial charge in [0.15, 0.2) is 6.10 Å². The topological polar surface area (TPSA) is 89.1 Å². The molecule has 0 aromatic heterocycles. The van der Waals surface area contributed by atoms with Crippen molar-refractivity contribution in [2.24, 2.45) is 0 Å². The lowest BCUT2D eigenvalue weighted by molar-refractivity contribution is -0.0249. The Balaban J connectivity index is 1.30. The molecule has 0 saturated carbocycles. The van der Waals surface area contributed by atoms with E-state index in [0.29, 0.717) is 12.3 Å². The fraction of sp³-hybridized carbons (Fsp3) is 0.214. The zero-order valence-corrected chi connectivity index (χ0v) is 19.5. The summed E-state index contributed by atoms with van der Waals surface area (Å²) >= 11 is 0. The number of hydrogen-bond acceptors (Lipinski definition) is 5. The second kappa shape index (κ2) is 11.1. The van der Waals surface area contributed by atoms with Crippen LogP contribution in [0.2, 0.25) is 0 Å². The number of hydrogen-bond donors (Lipinski definition) is 2. The van der Waals surface area contributed by atoms with Crippen LogP contribution in [-0.2, 0) is 14.2 Å². The van der Waals surface area contributed by atoms with Crippen LogP contribution in [0.15, 0.2) is 103 Å². The molecule has 2 heterocycles. The predicted molar refractivity (Wildman–Crippen MR) is 136 cm³/mol. The van der Waals surface area contributed by atoms with Gasteiger partial charge in [0.1, 0.15) is 18.3 Å². The normalized spacial score (nSPS) is 22.3. The Morgan fingerprint density at radius 3 is 2.14 bits per heavy atom. The van der Waals surface area contributed by atoms with E-state index in [9.17, 15) is 9.59 Å². The summed E-state index contributed by atoms with van der Waals surface area (Å²) in [5.41, 5.74) is 2.07. The highest BCUT2D eigenvalue weighted by Gasteiger charge is 2.48. The molecular formula is C28H27N3O5. The minimum atomic E-state index is -0.703. The van der Waals surface area contributed by atoms with Gasteiger partial charge in [0, 0.05) is 12.2 Å². The van der Waals surface area contributed by atoms with E-state index in [0.717, 1.165) is 11.4 Å². The molecule has 1 saturated heterocycles. The van der Waals surface area contributed by atoms with E-state index in [2.05, 4.69) is 10.6 Å². The molecule has 2 N–H and O–H groups in total. The van der Waals surface area contributed by atoms with Crippen LogP contribution >= 0.6 is 0 Å². The quantitative estimate of drug-likeness (QED) is 0.486. The molecule has 0 aliphatic carbocycles. The number of fused-ring (bicyclic) bond motifs is 1. The first-order valence-corrected chi connectivity index (χ1v) is 11.8. The standard InChI is InChI=1S/C28H27N3O5/c32-27(31(21-13-6-2-7-14-21)22-15-8-3-9-16-22)29-19-24-26(25-23(35-24)17-10-18-34-25)36-28(33)30-20-11-4-1-5-12-20/h1-17,23-26H,18-19H2,(H,29,32)(H,30,33)/t23-,24+,25+,26+/m0/s1. The Morgan fingerprint density at radius 2 is 1.50 bits per heavy atom. The number of anilines is 3. The maximum absolute atomic E-state index is 13.4. The van der Waals surface area contributed by atoms with Crippen molar-refractivity contribution in [3.8, 4) is 0 Å². The van der Waals surface area contributed by atoms with E-state index in [1.54, 1.807) is 17.0 Å². The van der Waals surface area contributed by atoms with Gasteiger partial charge in [0.25, 0.3) is 0 Å². The van der Waals surface area contributed by atoms with Gasteiger partial charge in [-0.15, -0.1) is 0 Å². The van der Waals surface area contributed by atoms with Crippen molar-refractivity contribution in [2.45, 2.75) is 24.4 Å². The molecule has 0 unspecified atom stereocenters. The zero-order valence-electron chi connectivity index (χ0n) is 19.5. The lowest BCUT2D eigenvalue weighted by Crippen LogP contribution is -2.46. The van der Waals surface area contributed by atoms with Gasteiger partial charge in [-0.25, -0.2) is 9.59 Å². The molecule has 36 heavy (non-hydrogen) atoms. The lowest BCUT2D eigenvalue weighted by atomic mass is 10.1. The third-order valence-corrected chi connectivity index (χ3v) is 6.01. The summed E-state index contributed by atoms with van der Waals surface area (Å²) in [6.07, 6.45) is 1.04. The highest BCUT2D eigenvalue weighted by atomic mass is 16.6. The fourth-order valence-corrected chi connectivity index (χ4v) is 4.36. The van der Waals surface area contributed by atoms with Gasteiger partial charge in [0.05, 0.1) is 18.0 Å². The van der Waals surface area contributed by atoms with E-state index < -0.39 is 24.4 Å². The Bertz CT molecular complexity index is 1150. The minimum absolute atomic E-state index is 0.127. The molecule has 0 spiro atoms. The highest BCUT2D eigenvalue weighted by molar-refractivity contribution is 5.99. The molecule has 3 aromatic carbocycles. The monoisotopic (exact) mass is 485 g/mol. The maximum Gasteiger partial charge on any atom is 0.412 e. The van der Waals surface area contributed by atoms with Crippen LogP contribution in [0.3, 0.4) is 0 Å². The largest absolute Gasteiger partial charge is 0.440 e. The summed E-state index contributed by atoms with van der Waals surface area (Å²) in [5.74, 6) is 0. The van der Waals surface area contributed by atoms with Gasteiger partial charge in [-0.05, 0) is 36.4 Å². The van der Waals surface area contributed by atoms with Gasteiger partial charge in [-0.2, -0.15) is 0 Å². The molecule has 184 valence electrons. The Hall–Kier alpha value is -4.14. The van der Waals surface area contributed by atoms with Gasteiger partial charge < -0.3 is 19.5 Å². The molecule has 8 heteroatoms. The minimum Gasteiger partial charge on any atom is -0.440 e. The number of carbonyl (C=O) groups is 2. The SMILES string of the molecule is O=C(Nc1ccccc1)O[C@H]1[C@@H]2OCC=C[C@@H]2O[C@@H]1CNC(=O)N(c1ccccc1)c1ccccc1. The molecule has 2 aliphatic rings. The Morgan fingerprint density at radius 1 is 0.889 bits per heavy atom. The van der Waals surface area contributed by atoms with Crippen LogP contribution < -0.4 is 15.5 Å². The van der Waals surface area contributed by atoms with Gasteiger partial charge in [-0.3, -0.25) is 10.2 Å². The summed E-state index contributed by atoms with van der Waals surface area (Å²) < 4.78 is 17.7. The molecule has 3 amide bonds. The van der Waals surface area contributed by atoms with Gasteiger partial charge >= 0.3 is 12.1 Å². The van der Waals surface area contributed by atoms with Gasteiger partial charge in [-0.1, -0.05) is 66.7 Å². The lowest BCUT2D eigenvalue weighted by Gasteiger charge is -2.26. The number of nitrogens with zero attached hydrogens (tertiary/aromatic N) is 1. The first kappa shape index (κ1) is 23.6. The summed E-state index contributed by atoms with van der Waals surface area (Å²) in [6.45, 7) is 0.530. The van der Waals surface area contributed by atoms with Crippen LogP contribution in [0.1, 0.15) is 0 Å². The van der Waals surface area contributed by atoms with Crippen LogP contribution in [0.4, 0.5) is 26.7 Å². The van der Waals surface area contributed by atoms with E-state index in [1.165, 1.54) is 0 Å². The van der Waals surface area contributed by atoms with Crippen molar-refractivity contribution in [1.82, 2.24) is 5.32 Å². The number of nitrogens with one attached hydrogen (secondary N) is 2. The van der Waals surface area contributed by atoms with E-state index in [1.807, 2.05) is 91.0 Å². The third-order valence-electron chi connectivity index (χ3n) is 6.01. The van der Waals surface area contributed by atoms with Crippen LogP contribution in [-0.4, -0.2) is 49.7 Å². The fourth-order valence-electron chi connectivity index (χ4n) is 4.36. The summed E-state index contributed by atoms with van der Waals surface area (Å²) in [6, 6.07) is 27.5. The molecule has 0 bridgehead atoms. The van der Waals surface area contributed by atoms with E-state index in [4.69, 9.17) is 14.2 Å². The maximum atomic E-state index is 13.4. The first-order chi connectivity index (χ1) is 17.7. The molecule has 1 fully saturated rings. The Labute approximate surface area is 209 Å². The number of carbonyl (C=O) groups excluding carboxylic acids is 2. The predicted octanol–water partition coefficient (Wildman–Crippen LogP) is 4.87. The van der Waals surface area contributed by atoms with E-state index >= 15 is 0 Å². The smallest absolute Gasteiger partial charge is 0.412 e. The number of para-hydroxylation sites is 3. The average Bonchev–Trinajstić information content (AvgIpc) is 3.26. The highest BCUT2D eigenvalue weighted by Crippen LogP contribution is 2.30. The number of rotatable bonds is 6. The molecule has 0 radical (unpaired) electrons. The van der Waals surface area contributed by atoms with Gasteiger partial charge in [0.2, 0.25) is 0 Å². The zero-order chi connectivity index (χ0) is 24.7. The van der Waals surface area contributed by atoms with Crippen LogP contribution in [0, 0.1) is 0 Å². The molecule has 2 aliphatic heterocycles. The molecule has 8 nitrogen and oxygen atoms in total. The van der Waals surface area contributed by atoms with Crippen molar-refractivity contribution >= 4 is 29.2 Å². The van der Waals surface area contributed by atoms with E-state index in [-0.39, 0.29) is 18.7 Å². The first-order valence-electron chi connectivity index (χ1n) is 11.8. The van der Waals surface area contributed by atoms with Crippen LogP contribution in [0.25, 0.3) is 0 Å². The second-order valence-corrected chi connectivity index (χ2v) is 8.42. The molecule has 5 rings (SSSR count). The Kier molecular flexibility index (Phi) is 7.25.